The molecule has 28 heavy (non-hydrogen) atoms. The van der Waals surface area contributed by atoms with Gasteiger partial charge in [-0.15, -0.1) is 0 Å². The molecule has 2 bridgehead atoms. The summed E-state index contributed by atoms with van der Waals surface area (Å²) >= 11 is 2.24. The zero-order valence-electron chi connectivity index (χ0n) is 16.2. The summed E-state index contributed by atoms with van der Waals surface area (Å²) in [5.41, 5.74) is 0.217. The van der Waals surface area contributed by atoms with Crippen LogP contribution in [-0.4, -0.2) is 44.6 Å². The van der Waals surface area contributed by atoms with Crippen LogP contribution in [0, 0.1) is 5.92 Å². The summed E-state index contributed by atoms with van der Waals surface area (Å²) in [5.74, 6) is -0.723. The summed E-state index contributed by atoms with van der Waals surface area (Å²) in [5, 5.41) is 2.82. The molecule has 1 heterocycles. The molecular formula is C20H25IN2O5. The van der Waals surface area contributed by atoms with E-state index in [1.807, 2.05) is 30.3 Å². The SMILES string of the molecule is CC(C)(C)OC(=O)N1C(=O)C2CC1C(I)CC2NC(=O)OCc1ccccc1. The van der Waals surface area contributed by atoms with Crippen molar-refractivity contribution in [3.63, 3.8) is 0 Å². The highest BCUT2D eigenvalue weighted by Crippen LogP contribution is 2.41. The number of imide groups is 1. The minimum Gasteiger partial charge on any atom is -0.445 e. The van der Waals surface area contributed by atoms with Crippen molar-refractivity contribution >= 4 is 40.7 Å². The fourth-order valence-electron chi connectivity index (χ4n) is 3.63. The molecule has 7 nitrogen and oxygen atoms in total. The van der Waals surface area contributed by atoms with E-state index < -0.39 is 23.7 Å². The minimum absolute atomic E-state index is 0.0345. The van der Waals surface area contributed by atoms with Crippen LogP contribution in [0.4, 0.5) is 9.59 Å². The van der Waals surface area contributed by atoms with E-state index in [1.54, 1.807) is 20.8 Å². The Labute approximate surface area is 178 Å². The van der Waals surface area contributed by atoms with Crippen molar-refractivity contribution in [2.75, 3.05) is 0 Å². The van der Waals surface area contributed by atoms with Gasteiger partial charge in [0.1, 0.15) is 12.2 Å². The Bertz CT molecular complexity index is 749. The Morgan fingerprint density at radius 1 is 1.21 bits per heavy atom. The number of benzene rings is 1. The van der Waals surface area contributed by atoms with Gasteiger partial charge in [0, 0.05) is 9.97 Å². The molecule has 1 N–H and O–H groups in total. The van der Waals surface area contributed by atoms with Crippen LogP contribution >= 0.6 is 22.6 Å². The van der Waals surface area contributed by atoms with Crippen LogP contribution in [0.5, 0.6) is 0 Å². The number of amides is 3. The smallest absolute Gasteiger partial charge is 0.417 e. The van der Waals surface area contributed by atoms with Crippen LogP contribution in [0.25, 0.3) is 0 Å². The largest absolute Gasteiger partial charge is 0.445 e. The molecule has 1 aromatic rings. The molecule has 8 heteroatoms. The lowest BCUT2D eigenvalue weighted by Crippen LogP contribution is -2.47. The van der Waals surface area contributed by atoms with Crippen LogP contribution < -0.4 is 5.32 Å². The molecule has 2 fully saturated rings. The third-order valence-corrected chi connectivity index (χ3v) is 6.21. The van der Waals surface area contributed by atoms with Crippen LogP contribution in [0.1, 0.15) is 39.2 Å². The average Bonchev–Trinajstić information content (AvgIpc) is 2.92. The Balaban J connectivity index is 1.62. The normalized spacial score (nSPS) is 26.7. The topological polar surface area (TPSA) is 84.9 Å². The molecular weight excluding hydrogens is 475 g/mol. The number of hydrogen-bond acceptors (Lipinski definition) is 5. The van der Waals surface area contributed by atoms with E-state index in [2.05, 4.69) is 27.9 Å². The number of halogens is 1. The summed E-state index contributed by atoms with van der Waals surface area (Å²) in [6.45, 7) is 5.48. The second kappa shape index (κ2) is 8.26. The quantitative estimate of drug-likeness (QED) is 0.506. The van der Waals surface area contributed by atoms with Crippen molar-refractivity contribution in [3.05, 3.63) is 35.9 Å². The lowest BCUT2D eigenvalue weighted by atomic mass is 9.85. The summed E-state index contributed by atoms with van der Waals surface area (Å²) in [7, 11) is 0. The van der Waals surface area contributed by atoms with Crippen molar-refractivity contribution < 1.29 is 23.9 Å². The fraction of sp³-hybridized carbons (Fsp3) is 0.550. The highest BCUT2D eigenvalue weighted by Gasteiger charge is 2.54. The molecule has 0 aromatic heterocycles. The molecule has 3 rings (SSSR count). The first-order chi connectivity index (χ1) is 13.2. The number of carbonyl (C=O) groups excluding carboxylic acids is 3. The number of rotatable bonds is 3. The van der Waals surface area contributed by atoms with Gasteiger partial charge in [0.15, 0.2) is 0 Å². The maximum absolute atomic E-state index is 12.9. The maximum atomic E-state index is 12.9. The maximum Gasteiger partial charge on any atom is 0.417 e. The number of likely N-dealkylation sites (tertiary alicyclic amines) is 1. The molecule has 4 atom stereocenters. The van der Waals surface area contributed by atoms with Gasteiger partial charge in [0.2, 0.25) is 5.91 Å². The van der Waals surface area contributed by atoms with Gasteiger partial charge in [-0.3, -0.25) is 4.79 Å². The Kier molecular flexibility index (Phi) is 6.16. The van der Waals surface area contributed by atoms with Gasteiger partial charge in [0.05, 0.1) is 12.0 Å². The van der Waals surface area contributed by atoms with Gasteiger partial charge in [0.25, 0.3) is 0 Å². The minimum atomic E-state index is -0.673. The van der Waals surface area contributed by atoms with E-state index in [4.69, 9.17) is 9.47 Å². The number of nitrogens with one attached hydrogen (secondary N) is 1. The number of ether oxygens (including phenoxy) is 2. The number of fused-ring (bicyclic) bond motifs is 2. The van der Waals surface area contributed by atoms with Crippen molar-refractivity contribution in [1.29, 1.82) is 0 Å². The van der Waals surface area contributed by atoms with E-state index in [9.17, 15) is 14.4 Å². The molecule has 1 aliphatic carbocycles. The van der Waals surface area contributed by atoms with Crippen molar-refractivity contribution in [2.45, 2.75) is 61.8 Å². The highest BCUT2D eigenvalue weighted by atomic mass is 127. The first-order valence-corrected chi connectivity index (χ1v) is 10.6. The van der Waals surface area contributed by atoms with Crippen LogP contribution in [-0.2, 0) is 20.9 Å². The predicted octanol–water partition coefficient (Wildman–Crippen LogP) is 3.64. The van der Waals surface area contributed by atoms with Gasteiger partial charge in [-0.1, -0.05) is 52.9 Å². The van der Waals surface area contributed by atoms with E-state index in [1.165, 1.54) is 4.90 Å². The second-order valence-electron chi connectivity index (χ2n) is 8.16. The first-order valence-electron chi connectivity index (χ1n) is 9.33. The highest BCUT2D eigenvalue weighted by molar-refractivity contribution is 14.1. The zero-order valence-corrected chi connectivity index (χ0v) is 18.3. The van der Waals surface area contributed by atoms with Crippen LogP contribution in [0.2, 0.25) is 0 Å². The molecule has 1 saturated heterocycles. The lowest BCUT2D eigenvalue weighted by molar-refractivity contribution is -0.131. The Morgan fingerprint density at radius 2 is 1.89 bits per heavy atom. The van der Waals surface area contributed by atoms with Crippen LogP contribution in [0.3, 0.4) is 0 Å². The lowest BCUT2D eigenvalue weighted by Gasteiger charge is -2.32. The average molecular weight is 500 g/mol. The molecule has 3 amide bonds. The number of carbonyl (C=O) groups is 3. The molecule has 152 valence electrons. The molecule has 0 spiro atoms. The van der Waals surface area contributed by atoms with Crippen molar-refractivity contribution in [1.82, 2.24) is 10.2 Å². The number of alkyl halides is 1. The Hall–Kier alpha value is -1.84. The predicted molar refractivity (Wildman–Crippen MR) is 111 cm³/mol. The number of hydrogen-bond donors (Lipinski definition) is 1. The molecule has 1 aromatic carbocycles. The fourth-order valence-corrected chi connectivity index (χ4v) is 4.79. The third kappa shape index (κ3) is 4.76. The molecule has 1 aliphatic heterocycles. The molecule has 0 radical (unpaired) electrons. The van der Waals surface area contributed by atoms with E-state index in [0.717, 1.165) is 5.56 Å². The van der Waals surface area contributed by atoms with E-state index >= 15 is 0 Å². The summed E-state index contributed by atoms with van der Waals surface area (Å²) in [6.07, 6.45) is -0.0464. The molecule has 4 unspecified atom stereocenters. The van der Waals surface area contributed by atoms with Gasteiger partial charge in [-0.2, -0.15) is 0 Å². The third-order valence-electron chi connectivity index (χ3n) is 4.87. The first kappa shape index (κ1) is 20.9. The number of nitrogens with zero attached hydrogens (tertiary/aromatic N) is 1. The summed E-state index contributed by atoms with van der Waals surface area (Å²) in [6, 6.07) is 8.83. The number of alkyl carbamates (subject to hydrolysis) is 1. The van der Waals surface area contributed by atoms with E-state index in [-0.39, 0.29) is 28.5 Å². The summed E-state index contributed by atoms with van der Waals surface area (Å²) < 4.78 is 10.7. The summed E-state index contributed by atoms with van der Waals surface area (Å²) in [4.78, 5) is 38.8. The standard InChI is InChI=1S/C20H25IN2O5/c1-20(2,3)28-19(26)23-16-9-13(17(23)24)15(10-14(16)21)22-18(25)27-11-12-7-5-4-6-8-12/h4-8,13-16H,9-11H2,1-3H3,(H,22,25). The van der Waals surface area contributed by atoms with Crippen molar-refractivity contribution in [2.24, 2.45) is 5.92 Å². The monoisotopic (exact) mass is 500 g/mol. The van der Waals surface area contributed by atoms with Gasteiger partial charge < -0.3 is 14.8 Å². The van der Waals surface area contributed by atoms with Gasteiger partial charge in [-0.05, 0) is 39.2 Å². The zero-order chi connectivity index (χ0) is 20.5. The van der Waals surface area contributed by atoms with E-state index in [0.29, 0.717) is 12.8 Å². The molecule has 2 aliphatic rings. The van der Waals surface area contributed by atoms with Gasteiger partial charge >= 0.3 is 12.2 Å². The second-order valence-corrected chi connectivity index (χ2v) is 9.76. The van der Waals surface area contributed by atoms with Crippen LogP contribution in [0.15, 0.2) is 30.3 Å². The Morgan fingerprint density at radius 3 is 2.54 bits per heavy atom. The van der Waals surface area contributed by atoms with Gasteiger partial charge in [-0.25, -0.2) is 14.5 Å². The molecule has 1 saturated carbocycles. The van der Waals surface area contributed by atoms with Crippen molar-refractivity contribution in [3.8, 4) is 0 Å².